The molecule has 0 aliphatic carbocycles. The number of hydrogen-bond acceptors (Lipinski definition) is 6. The van der Waals surface area contributed by atoms with Crippen LogP contribution in [-0.4, -0.2) is 38.5 Å². The van der Waals surface area contributed by atoms with Crippen LogP contribution in [0.3, 0.4) is 0 Å². The standard InChI is InChI=1S/C18H20FN5O3/c1-18(2,3)27-17(25)23-16-14-8-20-15(9-21-26)24(14)10-13(22-16)11-6-4-5-7-12(11)19/h4-9,13,26H,10H2,1-3H3,(H,22,23,25)/b21-9+. The van der Waals surface area contributed by atoms with Gasteiger partial charge in [-0.3, -0.25) is 10.3 Å². The number of amidine groups is 1. The highest BCUT2D eigenvalue weighted by molar-refractivity contribution is 6.06. The molecule has 2 N–H and O–H groups in total. The maximum Gasteiger partial charge on any atom is 0.413 e. The number of fused-ring (bicyclic) bond motifs is 1. The van der Waals surface area contributed by atoms with Crippen LogP contribution in [0.25, 0.3) is 0 Å². The Morgan fingerprint density at radius 3 is 2.85 bits per heavy atom. The third-order valence-corrected chi connectivity index (χ3v) is 3.83. The summed E-state index contributed by atoms with van der Waals surface area (Å²) in [4.78, 5) is 20.8. The number of ether oxygens (including phenoxy) is 1. The van der Waals surface area contributed by atoms with E-state index < -0.39 is 23.6 Å². The van der Waals surface area contributed by atoms with Gasteiger partial charge in [0.1, 0.15) is 23.3 Å². The van der Waals surface area contributed by atoms with Crippen LogP contribution in [0.4, 0.5) is 9.18 Å². The Hall–Kier alpha value is -3.23. The van der Waals surface area contributed by atoms with Crippen molar-refractivity contribution in [3.05, 3.63) is 53.4 Å². The highest BCUT2D eigenvalue weighted by Gasteiger charge is 2.28. The van der Waals surface area contributed by atoms with Crippen LogP contribution >= 0.6 is 0 Å². The molecule has 27 heavy (non-hydrogen) atoms. The number of carbonyl (C=O) groups is 1. The third-order valence-electron chi connectivity index (χ3n) is 3.83. The number of imidazole rings is 1. The van der Waals surface area contributed by atoms with Gasteiger partial charge in [-0.2, -0.15) is 0 Å². The summed E-state index contributed by atoms with van der Waals surface area (Å²) < 4.78 is 21.2. The predicted molar refractivity (Wildman–Crippen MR) is 96.7 cm³/mol. The van der Waals surface area contributed by atoms with Crippen molar-refractivity contribution in [3.8, 4) is 0 Å². The van der Waals surface area contributed by atoms with Gasteiger partial charge in [0.05, 0.1) is 18.8 Å². The summed E-state index contributed by atoms with van der Waals surface area (Å²) in [7, 11) is 0. The molecule has 1 aliphatic heterocycles. The zero-order valence-electron chi connectivity index (χ0n) is 15.2. The van der Waals surface area contributed by atoms with Gasteiger partial charge >= 0.3 is 6.09 Å². The van der Waals surface area contributed by atoms with Gasteiger partial charge in [-0.15, -0.1) is 0 Å². The van der Waals surface area contributed by atoms with Crippen molar-refractivity contribution in [2.24, 2.45) is 10.1 Å². The number of rotatable bonds is 2. The molecule has 142 valence electrons. The molecule has 8 nitrogen and oxygen atoms in total. The van der Waals surface area contributed by atoms with Crippen molar-refractivity contribution in [1.82, 2.24) is 14.9 Å². The summed E-state index contributed by atoms with van der Waals surface area (Å²) in [5.41, 5.74) is 0.203. The number of benzene rings is 1. The zero-order valence-corrected chi connectivity index (χ0v) is 15.2. The Morgan fingerprint density at radius 1 is 1.44 bits per heavy atom. The van der Waals surface area contributed by atoms with Crippen molar-refractivity contribution in [2.75, 3.05) is 0 Å². The predicted octanol–water partition coefficient (Wildman–Crippen LogP) is 2.86. The van der Waals surface area contributed by atoms with E-state index in [1.807, 2.05) is 0 Å². The summed E-state index contributed by atoms with van der Waals surface area (Å²) >= 11 is 0. The second-order valence-corrected chi connectivity index (χ2v) is 7.00. The number of nitrogens with one attached hydrogen (secondary N) is 1. The quantitative estimate of drug-likeness (QED) is 0.480. The van der Waals surface area contributed by atoms with E-state index in [0.29, 0.717) is 17.1 Å². The topological polar surface area (TPSA) is 101 Å². The van der Waals surface area contributed by atoms with E-state index in [1.165, 1.54) is 18.5 Å². The van der Waals surface area contributed by atoms with Crippen LogP contribution in [0, 0.1) is 5.82 Å². The van der Waals surface area contributed by atoms with Gasteiger partial charge in [-0.05, 0) is 26.8 Å². The van der Waals surface area contributed by atoms with Gasteiger partial charge in [-0.25, -0.2) is 14.2 Å². The van der Waals surface area contributed by atoms with Crippen molar-refractivity contribution in [3.63, 3.8) is 0 Å². The molecule has 2 heterocycles. The number of nitrogens with zero attached hydrogens (tertiary/aromatic N) is 4. The monoisotopic (exact) mass is 373 g/mol. The number of alkyl carbamates (subject to hydrolysis) is 1. The minimum atomic E-state index is -0.681. The van der Waals surface area contributed by atoms with Gasteiger partial charge in [0.25, 0.3) is 0 Å². The first-order valence-corrected chi connectivity index (χ1v) is 8.34. The second kappa shape index (κ2) is 7.18. The minimum Gasteiger partial charge on any atom is -0.444 e. The maximum atomic E-state index is 14.3. The first kappa shape index (κ1) is 18.6. The van der Waals surface area contributed by atoms with Crippen molar-refractivity contribution in [1.29, 1.82) is 0 Å². The fourth-order valence-electron chi connectivity index (χ4n) is 2.77. The Balaban J connectivity index is 1.99. The van der Waals surface area contributed by atoms with E-state index in [9.17, 15) is 9.18 Å². The number of aliphatic imine (C=N–C) groups is 1. The number of oxime groups is 1. The SMILES string of the molecule is CC(C)(C)OC(=O)NC1=NC(c2ccccc2F)Cn2c1cnc2/C=N/O. The van der Waals surface area contributed by atoms with Crippen LogP contribution in [0.2, 0.25) is 0 Å². The molecule has 1 aromatic heterocycles. The van der Waals surface area contributed by atoms with E-state index >= 15 is 0 Å². The van der Waals surface area contributed by atoms with Crippen LogP contribution < -0.4 is 5.32 Å². The lowest BCUT2D eigenvalue weighted by Crippen LogP contribution is -2.40. The Kier molecular flexibility index (Phi) is 4.93. The lowest BCUT2D eigenvalue weighted by molar-refractivity contribution is 0.0562. The number of amides is 1. The van der Waals surface area contributed by atoms with Gasteiger partial charge in [0.15, 0.2) is 11.7 Å². The minimum absolute atomic E-state index is 0.203. The third kappa shape index (κ3) is 4.13. The molecule has 0 radical (unpaired) electrons. The fraction of sp³-hybridized carbons (Fsp3) is 0.333. The lowest BCUT2D eigenvalue weighted by Gasteiger charge is -2.25. The van der Waals surface area contributed by atoms with Gasteiger partial charge in [0.2, 0.25) is 0 Å². The van der Waals surface area contributed by atoms with Crippen LogP contribution in [0.15, 0.2) is 40.6 Å². The first-order valence-electron chi connectivity index (χ1n) is 8.34. The average Bonchev–Trinajstić information content (AvgIpc) is 2.97. The van der Waals surface area contributed by atoms with Crippen molar-refractivity contribution >= 4 is 18.1 Å². The number of aromatic nitrogens is 2. The summed E-state index contributed by atoms with van der Waals surface area (Å²) in [6.45, 7) is 5.52. The molecule has 0 saturated heterocycles. The molecule has 1 aliphatic rings. The molecule has 0 spiro atoms. The average molecular weight is 373 g/mol. The van der Waals surface area contributed by atoms with Gasteiger partial charge < -0.3 is 14.5 Å². The second-order valence-electron chi connectivity index (χ2n) is 7.00. The highest BCUT2D eigenvalue weighted by Crippen LogP contribution is 2.28. The fourth-order valence-corrected chi connectivity index (χ4v) is 2.77. The molecular formula is C18H20FN5O3. The number of halogens is 1. The van der Waals surface area contributed by atoms with E-state index in [0.717, 1.165) is 0 Å². The van der Waals surface area contributed by atoms with E-state index in [4.69, 9.17) is 9.94 Å². The van der Waals surface area contributed by atoms with E-state index in [-0.39, 0.29) is 12.4 Å². The van der Waals surface area contributed by atoms with Crippen LogP contribution in [0.5, 0.6) is 0 Å². The molecule has 9 heteroatoms. The first-order chi connectivity index (χ1) is 12.8. The smallest absolute Gasteiger partial charge is 0.413 e. The Bertz CT molecular complexity index is 914. The molecule has 0 fully saturated rings. The summed E-state index contributed by atoms with van der Waals surface area (Å²) in [6.07, 6.45) is 1.98. The summed E-state index contributed by atoms with van der Waals surface area (Å²) in [5, 5.41) is 14.4. The van der Waals surface area contributed by atoms with E-state index in [1.54, 1.807) is 43.5 Å². The van der Waals surface area contributed by atoms with Crippen LogP contribution in [0.1, 0.15) is 43.9 Å². The molecule has 1 unspecified atom stereocenters. The number of hydrogen-bond donors (Lipinski definition) is 2. The Morgan fingerprint density at radius 2 is 2.19 bits per heavy atom. The van der Waals surface area contributed by atoms with E-state index in [2.05, 4.69) is 20.4 Å². The molecule has 1 aromatic carbocycles. The van der Waals surface area contributed by atoms with Crippen LogP contribution in [-0.2, 0) is 11.3 Å². The normalized spacial score (nSPS) is 16.7. The number of carbonyl (C=O) groups excluding carboxylic acids is 1. The zero-order chi connectivity index (χ0) is 19.6. The molecule has 1 amide bonds. The van der Waals surface area contributed by atoms with Crippen molar-refractivity contribution < 1.29 is 19.1 Å². The largest absolute Gasteiger partial charge is 0.444 e. The van der Waals surface area contributed by atoms with Gasteiger partial charge in [0, 0.05) is 5.56 Å². The van der Waals surface area contributed by atoms with Gasteiger partial charge in [-0.1, -0.05) is 23.4 Å². The summed E-state index contributed by atoms with van der Waals surface area (Å²) in [6, 6.07) is 5.71. The molecule has 0 saturated carbocycles. The lowest BCUT2D eigenvalue weighted by atomic mass is 10.1. The summed E-state index contributed by atoms with van der Waals surface area (Å²) in [5.74, 6) is 0.157. The molecular weight excluding hydrogens is 353 g/mol. The maximum absolute atomic E-state index is 14.3. The molecule has 2 aromatic rings. The Labute approximate surface area is 155 Å². The molecule has 1 atom stereocenters. The van der Waals surface area contributed by atoms with Crippen molar-refractivity contribution in [2.45, 2.75) is 39.0 Å². The molecule has 3 rings (SSSR count). The highest BCUT2D eigenvalue weighted by atomic mass is 19.1. The molecule has 0 bridgehead atoms.